The molecule has 2 amide bonds. The van der Waals surface area contributed by atoms with Crippen LogP contribution in [0.2, 0.25) is 0 Å². The highest BCUT2D eigenvalue weighted by atomic mass is 32.2. The number of anilines is 1. The first kappa shape index (κ1) is 24.3. The lowest BCUT2D eigenvalue weighted by Gasteiger charge is -2.27. The van der Waals surface area contributed by atoms with E-state index in [9.17, 15) is 17.6 Å². The van der Waals surface area contributed by atoms with Crippen LogP contribution in [0.1, 0.15) is 30.5 Å². The molecule has 0 aromatic heterocycles. The number of rotatable bonds is 7. The van der Waals surface area contributed by atoms with E-state index in [4.69, 9.17) is 4.18 Å². The number of nitrogens with one attached hydrogen (secondary N) is 1. The van der Waals surface area contributed by atoms with Crippen LogP contribution in [0.5, 0.6) is 5.75 Å². The van der Waals surface area contributed by atoms with Gasteiger partial charge < -0.3 is 14.4 Å². The number of hydrogen-bond acceptors (Lipinski definition) is 4. The molecule has 3 rings (SSSR count). The van der Waals surface area contributed by atoms with Crippen molar-refractivity contribution in [3.8, 4) is 5.75 Å². The molecular formula is C25H27FN2O4S. The highest BCUT2D eigenvalue weighted by Crippen LogP contribution is 2.22. The molecule has 3 aromatic carbocycles. The van der Waals surface area contributed by atoms with Gasteiger partial charge in [0, 0.05) is 18.3 Å². The molecule has 0 saturated heterocycles. The summed E-state index contributed by atoms with van der Waals surface area (Å²) in [6.07, 6.45) is 0. The summed E-state index contributed by atoms with van der Waals surface area (Å²) >= 11 is 0. The van der Waals surface area contributed by atoms with Gasteiger partial charge in [-0.2, -0.15) is 8.42 Å². The molecule has 1 N–H and O–H groups in total. The molecule has 0 atom stereocenters. The van der Waals surface area contributed by atoms with Crippen LogP contribution in [-0.4, -0.2) is 25.4 Å². The van der Waals surface area contributed by atoms with Crippen LogP contribution in [0, 0.1) is 19.7 Å². The third-order valence-corrected chi connectivity index (χ3v) is 6.33. The summed E-state index contributed by atoms with van der Waals surface area (Å²) in [5.41, 5.74) is 3.51. The van der Waals surface area contributed by atoms with Crippen molar-refractivity contribution in [1.29, 1.82) is 0 Å². The Morgan fingerprint density at radius 2 is 1.73 bits per heavy atom. The summed E-state index contributed by atoms with van der Waals surface area (Å²) in [4.78, 5) is 14.5. The van der Waals surface area contributed by atoms with Crippen molar-refractivity contribution in [2.24, 2.45) is 0 Å². The van der Waals surface area contributed by atoms with Gasteiger partial charge in [0.2, 0.25) is 0 Å². The minimum Gasteiger partial charge on any atom is -0.379 e. The lowest BCUT2D eigenvalue weighted by atomic mass is 10.1. The van der Waals surface area contributed by atoms with Crippen LogP contribution in [-0.2, 0) is 16.7 Å². The maximum atomic E-state index is 13.1. The fourth-order valence-corrected chi connectivity index (χ4v) is 4.22. The highest BCUT2D eigenvalue weighted by molar-refractivity contribution is 7.87. The fraction of sp³-hybridized carbons (Fsp3) is 0.240. The van der Waals surface area contributed by atoms with Crippen LogP contribution >= 0.6 is 0 Å². The van der Waals surface area contributed by atoms with Gasteiger partial charge in [-0.15, -0.1) is 0 Å². The zero-order chi connectivity index (χ0) is 24.2. The predicted octanol–water partition coefficient (Wildman–Crippen LogP) is 5.65. The second kappa shape index (κ2) is 10.0. The number of carbonyl (C=O) groups is 1. The molecule has 0 spiro atoms. The number of amides is 2. The Kier molecular flexibility index (Phi) is 7.38. The van der Waals surface area contributed by atoms with E-state index in [2.05, 4.69) is 5.32 Å². The predicted molar refractivity (Wildman–Crippen MR) is 126 cm³/mol. The summed E-state index contributed by atoms with van der Waals surface area (Å²) < 4.78 is 43.3. The summed E-state index contributed by atoms with van der Waals surface area (Å²) in [6, 6.07) is 16.4. The molecule has 0 unspecified atom stereocenters. The largest absolute Gasteiger partial charge is 0.379 e. The summed E-state index contributed by atoms with van der Waals surface area (Å²) in [5, 5.41) is 2.95. The summed E-state index contributed by atoms with van der Waals surface area (Å²) in [5.74, 6) is -0.431. The summed E-state index contributed by atoms with van der Waals surface area (Å²) in [7, 11) is -4.12. The molecule has 8 heteroatoms. The summed E-state index contributed by atoms with van der Waals surface area (Å²) in [6.45, 7) is 7.99. The molecule has 0 fully saturated rings. The molecule has 174 valence electrons. The quantitative estimate of drug-likeness (QED) is 0.453. The van der Waals surface area contributed by atoms with Crippen molar-refractivity contribution in [3.05, 3.63) is 89.2 Å². The average Bonchev–Trinajstić information content (AvgIpc) is 2.74. The number of hydrogen-bond donors (Lipinski definition) is 1. The fourth-order valence-electron chi connectivity index (χ4n) is 3.30. The highest BCUT2D eigenvalue weighted by Gasteiger charge is 2.20. The number of halogens is 1. The zero-order valence-corrected chi connectivity index (χ0v) is 19.8. The first-order chi connectivity index (χ1) is 15.5. The van der Waals surface area contributed by atoms with E-state index in [0.717, 1.165) is 41.1 Å². The van der Waals surface area contributed by atoms with E-state index in [0.29, 0.717) is 5.56 Å². The lowest BCUT2D eigenvalue weighted by molar-refractivity contribution is 0.193. The molecule has 0 aliphatic carbocycles. The van der Waals surface area contributed by atoms with Gasteiger partial charge in [0.05, 0.1) is 0 Å². The van der Waals surface area contributed by atoms with E-state index in [1.807, 2.05) is 45.9 Å². The van der Waals surface area contributed by atoms with Gasteiger partial charge in [-0.1, -0.05) is 29.8 Å². The normalized spacial score (nSPS) is 11.3. The van der Waals surface area contributed by atoms with Crippen molar-refractivity contribution >= 4 is 21.8 Å². The van der Waals surface area contributed by atoms with Crippen LogP contribution in [0.25, 0.3) is 0 Å². The Balaban J connectivity index is 1.76. The van der Waals surface area contributed by atoms with Gasteiger partial charge >= 0.3 is 16.1 Å². The van der Waals surface area contributed by atoms with Crippen LogP contribution in [0.3, 0.4) is 0 Å². The Bertz CT molecular complexity index is 1240. The van der Waals surface area contributed by atoms with Crippen LogP contribution in [0.15, 0.2) is 71.6 Å². The smallest absolute Gasteiger partial charge is 0.339 e. The maximum Gasteiger partial charge on any atom is 0.339 e. The Hall–Kier alpha value is -3.39. The van der Waals surface area contributed by atoms with E-state index < -0.39 is 15.9 Å². The van der Waals surface area contributed by atoms with Gasteiger partial charge in [-0.3, -0.25) is 0 Å². The minimum atomic E-state index is -4.12. The van der Waals surface area contributed by atoms with Gasteiger partial charge in [-0.25, -0.2) is 9.18 Å². The molecule has 0 saturated carbocycles. The van der Waals surface area contributed by atoms with Crippen molar-refractivity contribution < 1.29 is 21.8 Å². The number of aryl methyl sites for hydroxylation is 2. The molecule has 0 aliphatic rings. The van der Waals surface area contributed by atoms with Crippen molar-refractivity contribution in [2.75, 3.05) is 5.32 Å². The third-order valence-electron chi connectivity index (χ3n) is 5.07. The van der Waals surface area contributed by atoms with Gasteiger partial charge in [0.25, 0.3) is 0 Å². The Morgan fingerprint density at radius 1 is 1.03 bits per heavy atom. The SMILES string of the molecule is Cc1ccc(NC(=O)N(Cc2cccc(OS(=O)(=O)c3ccc(F)cc3)c2)C(C)C)c(C)c1. The second-order valence-electron chi connectivity index (χ2n) is 8.11. The third kappa shape index (κ3) is 6.32. The second-order valence-corrected chi connectivity index (χ2v) is 9.66. The molecule has 0 bridgehead atoms. The standard InChI is InChI=1S/C25H27FN2O4S/c1-17(2)28(25(29)27-24-13-8-18(3)14-19(24)4)16-20-6-5-7-22(15-20)32-33(30,31)23-11-9-21(26)10-12-23/h5-15,17H,16H2,1-4H3,(H,27,29). The molecule has 0 heterocycles. The number of nitrogens with zero attached hydrogens (tertiary/aromatic N) is 1. The molecule has 33 heavy (non-hydrogen) atoms. The Labute approximate surface area is 194 Å². The van der Waals surface area contributed by atoms with Crippen LogP contribution < -0.4 is 9.50 Å². The number of urea groups is 1. The van der Waals surface area contributed by atoms with E-state index >= 15 is 0 Å². The first-order valence-electron chi connectivity index (χ1n) is 10.5. The zero-order valence-electron chi connectivity index (χ0n) is 19.0. The monoisotopic (exact) mass is 470 g/mol. The number of benzene rings is 3. The lowest BCUT2D eigenvalue weighted by Crippen LogP contribution is -2.39. The van der Waals surface area contributed by atoms with E-state index in [1.165, 1.54) is 6.07 Å². The molecule has 0 aliphatic heterocycles. The number of carbonyl (C=O) groups excluding carboxylic acids is 1. The van der Waals surface area contributed by atoms with E-state index in [-0.39, 0.29) is 29.3 Å². The van der Waals surface area contributed by atoms with Crippen molar-refractivity contribution in [2.45, 2.75) is 45.2 Å². The van der Waals surface area contributed by atoms with Gasteiger partial charge in [0.15, 0.2) is 0 Å². The molecule has 0 radical (unpaired) electrons. The molecule has 6 nitrogen and oxygen atoms in total. The minimum absolute atomic E-state index is 0.107. The maximum absolute atomic E-state index is 13.1. The topological polar surface area (TPSA) is 75.7 Å². The van der Waals surface area contributed by atoms with Gasteiger partial charge in [0.1, 0.15) is 16.5 Å². The Morgan fingerprint density at radius 3 is 2.36 bits per heavy atom. The molecule has 3 aromatic rings. The van der Waals surface area contributed by atoms with E-state index in [1.54, 1.807) is 23.1 Å². The first-order valence-corrected chi connectivity index (χ1v) is 11.9. The van der Waals surface area contributed by atoms with Crippen molar-refractivity contribution in [1.82, 2.24) is 4.90 Å². The van der Waals surface area contributed by atoms with Crippen LogP contribution in [0.4, 0.5) is 14.9 Å². The molecular weight excluding hydrogens is 443 g/mol. The van der Waals surface area contributed by atoms with Crippen molar-refractivity contribution in [3.63, 3.8) is 0 Å². The average molecular weight is 471 g/mol. The van der Waals surface area contributed by atoms with Gasteiger partial charge in [-0.05, 0) is 81.3 Å².